The Kier molecular flexibility index (Phi) is 6.16. The van der Waals surface area contributed by atoms with Gasteiger partial charge < -0.3 is 0 Å². The van der Waals surface area contributed by atoms with Crippen molar-refractivity contribution in [2.45, 2.75) is 6.92 Å². The smallest absolute Gasteiger partial charge is 0.267 e. The molecule has 0 fully saturated rings. The van der Waals surface area contributed by atoms with Crippen LogP contribution >= 0.6 is 27.3 Å². The van der Waals surface area contributed by atoms with Gasteiger partial charge in [0.2, 0.25) is 5.13 Å². The van der Waals surface area contributed by atoms with Crippen molar-refractivity contribution in [3.05, 3.63) is 100 Å². The maximum Gasteiger partial charge on any atom is 0.273 e. The van der Waals surface area contributed by atoms with E-state index in [0.29, 0.717) is 5.13 Å². The zero-order valence-corrected chi connectivity index (χ0v) is 18.6. The van der Waals surface area contributed by atoms with Crippen molar-refractivity contribution >= 4 is 60.8 Å². The lowest BCUT2D eigenvalue weighted by molar-refractivity contribution is -0.114. The number of hydrogen-bond acceptors (Lipinski definition) is 4. The molecule has 3 aromatic carbocycles. The van der Waals surface area contributed by atoms with Gasteiger partial charge in [0.25, 0.3) is 5.91 Å². The topological polar surface area (TPSA) is 45.6 Å². The van der Waals surface area contributed by atoms with Gasteiger partial charge in [-0.2, -0.15) is 10.1 Å². The summed E-state index contributed by atoms with van der Waals surface area (Å²) in [6.45, 7) is 2.04. The maximum absolute atomic E-state index is 13.0. The number of carbonyl (C=O) groups is 1. The molecule has 4 rings (SSSR count). The van der Waals surface area contributed by atoms with Crippen LogP contribution in [0.2, 0.25) is 0 Å². The minimum absolute atomic E-state index is 0.261. The van der Waals surface area contributed by atoms with Gasteiger partial charge in [-0.1, -0.05) is 75.8 Å². The van der Waals surface area contributed by atoms with Gasteiger partial charge in [-0.3, -0.25) is 4.79 Å². The van der Waals surface area contributed by atoms with Crippen molar-refractivity contribution in [1.82, 2.24) is 4.98 Å². The van der Waals surface area contributed by atoms with Gasteiger partial charge in [-0.25, -0.2) is 4.98 Å². The average Bonchev–Trinajstić information content (AvgIpc) is 3.17. The Morgan fingerprint density at radius 2 is 1.80 bits per heavy atom. The van der Waals surface area contributed by atoms with Crippen LogP contribution in [0.5, 0.6) is 0 Å². The quantitative estimate of drug-likeness (QED) is 0.189. The lowest BCUT2D eigenvalue weighted by Crippen LogP contribution is -2.23. The lowest BCUT2D eigenvalue weighted by Gasteiger charge is -2.11. The van der Waals surface area contributed by atoms with Crippen LogP contribution in [0, 0.1) is 6.92 Å². The van der Waals surface area contributed by atoms with Crippen molar-refractivity contribution in [3.63, 3.8) is 0 Å². The summed E-state index contributed by atoms with van der Waals surface area (Å²) in [4.78, 5) is 17.6. The molecule has 0 radical (unpaired) electrons. The highest BCUT2D eigenvalue weighted by atomic mass is 79.9. The number of nitrogens with zero attached hydrogens (tertiary/aromatic N) is 3. The summed E-state index contributed by atoms with van der Waals surface area (Å²) >= 11 is 4.87. The first-order valence-corrected chi connectivity index (χ1v) is 10.9. The number of aromatic nitrogens is 1. The second kappa shape index (κ2) is 9.15. The van der Waals surface area contributed by atoms with E-state index in [4.69, 9.17) is 0 Å². The van der Waals surface area contributed by atoms with E-state index in [-0.39, 0.29) is 5.91 Å². The number of hydrazone groups is 1. The van der Waals surface area contributed by atoms with E-state index in [2.05, 4.69) is 32.1 Å². The van der Waals surface area contributed by atoms with Crippen LogP contribution in [0.3, 0.4) is 0 Å². The monoisotopic (exact) mass is 475 g/mol. The number of benzene rings is 3. The number of rotatable bonds is 5. The number of anilines is 1. The standard InChI is InChI=1S/C24H18BrN3OS/c1-17-7-13-21-22(15-17)30-24(27-21)28(26-16-19-8-11-20(25)12-9-19)23(29)14-10-18-5-3-2-4-6-18/h2-16H,1H3/b14-10+,26-16+. The van der Waals surface area contributed by atoms with E-state index in [9.17, 15) is 4.79 Å². The number of halogens is 1. The molecule has 0 N–H and O–H groups in total. The van der Waals surface area contributed by atoms with Gasteiger partial charge in [0.1, 0.15) is 0 Å². The summed E-state index contributed by atoms with van der Waals surface area (Å²) in [6.07, 6.45) is 4.96. The molecule has 0 aliphatic heterocycles. The summed E-state index contributed by atoms with van der Waals surface area (Å²) in [5.41, 5.74) is 3.84. The SMILES string of the molecule is Cc1ccc2nc(N(/N=C/c3ccc(Br)cc3)C(=O)/C=C/c3ccccc3)sc2c1. The van der Waals surface area contributed by atoms with Crippen LogP contribution < -0.4 is 5.01 Å². The number of carbonyl (C=O) groups excluding carboxylic acids is 1. The minimum Gasteiger partial charge on any atom is -0.267 e. The fraction of sp³-hybridized carbons (Fsp3) is 0.0417. The Balaban J connectivity index is 1.68. The molecule has 0 unspecified atom stereocenters. The first-order chi connectivity index (χ1) is 14.6. The summed E-state index contributed by atoms with van der Waals surface area (Å²) < 4.78 is 2.01. The number of fused-ring (bicyclic) bond motifs is 1. The molecule has 0 spiro atoms. The molecule has 1 amide bonds. The van der Waals surface area contributed by atoms with Crippen molar-refractivity contribution in [2.24, 2.45) is 5.10 Å². The molecule has 1 aromatic heterocycles. The van der Waals surface area contributed by atoms with Crippen LogP contribution in [0.15, 0.2) is 88.4 Å². The van der Waals surface area contributed by atoms with Crippen molar-refractivity contribution < 1.29 is 4.79 Å². The van der Waals surface area contributed by atoms with Crippen molar-refractivity contribution in [3.8, 4) is 0 Å². The third-order valence-corrected chi connectivity index (χ3v) is 5.86. The van der Waals surface area contributed by atoms with Crippen molar-refractivity contribution in [2.75, 3.05) is 5.01 Å². The van der Waals surface area contributed by atoms with Crippen molar-refractivity contribution in [1.29, 1.82) is 0 Å². The van der Waals surface area contributed by atoms with E-state index in [1.807, 2.05) is 73.7 Å². The predicted molar refractivity (Wildman–Crippen MR) is 129 cm³/mol. The molecule has 0 bridgehead atoms. The largest absolute Gasteiger partial charge is 0.273 e. The van der Waals surface area contributed by atoms with E-state index in [0.717, 1.165) is 31.4 Å². The van der Waals surface area contributed by atoms with E-state index >= 15 is 0 Å². The second-order valence-electron chi connectivity index (χ2n) is 6.66. The Bertz CT molecular complexity index is 1230. The van der Waals surface area contributed by atoms with Crippen LogP contribution in [-0.2, 0) is 4.79 Å². The fourth-order valence-corrected chi connectivity index (χ4v) is 4.08. The van der Waals surface area contributed by atoms with E-state index < -0.39 is 0 Å². The fourth-order valence-electron chi connectivity index (χ4n) is 2.79. The molecule has 4 aromatic rings. The number of thiazole rings is 1. The molecule has 0 saturated heterocycles. The molecular weight excluding hydrogens is 458 g/mol. The molecule has 4 nitrogen and oxygen atoms in total. The lowest BCUT2D eigenvalue weighted by atomic mass is 10.2. The molecule has 6 heteroatoms. The number of hydrogen-bond donors (Lipinski definition) is 0. The van der Waals surface area contributed by atoms with E-state index in [1.54, 1.807) is 12.3 Å². The maximum atomic E-state index is 13.0. The third kappa shape index (κ3) is 4.90. The van der Waals surface area contributed by atoms with Gasteiger partial charge in [-0.05, 0) is 54.0 Å². The Hall–Kier alpha value is -3.09. The highest BCUT2D eigenvalue weighted by Gasteiger charge is 2.17. The first kappa shape index (κ1) is 20.2. The summed E-state index contributed by atoms with van der Waals surface area (Å²) in [7, 11) is 0. The van der Waals surface area contributed by atoms with Gasteiger partial charge in [-0.15, -0.1) is 0 Å². The van der Waals surface area contributed by atoms with Gasteiger partial charge in [0, 0.05) is 10.5 Å². The first-order valence-electron chi connectivity index (χ1n) is 9.32. The predicted octanol–water partition coefficient (Wildman–Crippen LogP) is 6.45. The second-order valence-corrected chi connectivity index (χ2v) is 8.58. The van der Waals surface area contributed by atoms with E-state index in [1.165, 1.54) is 22.4 Å². The number of amides is 1. The molecule has 1 heterocycles. The number of aryl methyl sites for hydroxylation is 1. The Morgan fingerprint density at radius 3 is 2.57 bits per heavy atom. The normalized spacial score (nSPS) is 11.5. The molecule has 0 aliphatic carbocycles. The summed E-state index contributed by atoms with van der Waals surface area (Å²) in [5.74, 6) is -0.261. The van der Waals surface area contributed by atoms with Gasteiger partial charge in [0.05, 0.1) is 16.4 Å². The zero-order chi connectivity index (χ0) is 20.9. The third-order valence-electron chi connectivity index (χ3n) is 4.33. The molecule has 0 aliphatic rings. The molecule has 0 saturated carbocycles. The van der Waals surface area contributed by atoms with Gasteiger partial charge >= 0.3 is 0 Å². The minimum atomic E-state index is -0.261. The van der Waals surface area contributed by atoms with Crippen LogP contribution in [0.1, 0.15) is 16.7 Å². The molecule has 148 valence electrons. The highest BCUT2D eigenvalue weighted by Crippen LogP contribution is 2.30. The van der Waals surface area contributed by atoms with Gasteiger partial charge in [0.15, 0.2) is 0 Å². The molecular formula is C24H18BrN3OS. The van der Waals surface area contributed by atoms with Crippen LogP contribution in [0.25, 0.3) is 16.3 Å². The molecule has 30 heavy (non-hydrogen) atoms. The summed E-state index contributed by atoms with van der Waals surface area (Å²) in [5, 5.41) is 6.35. The Morgan fingerprint density at radius 1 is 1.03 bits per heavy atom. The highest BCUT2D eigenvalue weighted by molar-refractivity contribution is 9.10. The zero-order valence-electron chi connectivity index (χ0n) is 16.2. The molecule has 0 atom stereocenters. The summed E-state index contributed by atoms with van der Waals surface area (Å²) in [6, 6.07) is 23.5. The Labute approximate surface area is 187 Å². The van der Waals surface area contributed by atoms with Crippen LogP contribution in [-0.4, -0.2) is 17.1 Å². The average molecular weight is 476 g/mol. The van der Waals surface area contributed by atoms with Crippen LogP contribution in [0.4, 0.5) is 5.13 Å².